The fourth-order valence-electron chi connectivity index (χ4n) is 6.64. The van der Waals surface area contributed by atoms with E-state index in [1.807, 2.05) is 20.8 Å². The van der Waals surface area contributed by atoms with E-state index in [4.69, 9.17) is 19.3 Å². The number of carbonyl (C=O) groups excluding carboxylic acids is 3. The highest BCUT2D eigenvalue weighted by Crippen LogP contribution is 2.66. The molecule has 2 saturated heterocycles. The Balaban J connectivity index is 0.000000252. The molecule has 2 amide bonds. The van der Waals surface area contributed by atoms with Gasteiger partial charge in [-0.2, -0.15) is 0 Å². The summed E-state index contributed by atoms with van der Waals surface area (Å²) in [6, 6.07) is -1.22. The molecule has 0 radical (unpaired) electrons. The third-order valence-electron chi connectivity index (χ3n) is 9.29. The predicted octanol–water partition coefficient (Wildman–Crippen LogP) is 5.61. The Morgan fingerprint density at radius 2 is 1.25 bits per heavy atom. The molecule has 4 rings (SSSR count). The average Bonchev–Trinajstić information content (AvgIpc) is 3.55. The zero-order valence-corrected chi connectivity index (χ0v) is 25.9. The summed E-state index contributed by atoms with van der Waals surface area (Å²) in [5.41, 5.74) is -0.889. The van der Waals surface area contributed by atoms with Gasteiger partial charge < -0.3 is 19.3 Å². The van der Waals surface area contributed by atoms with Gasteiger partial charge in [0.25, 0.3) is 0 Å². The third-order valence-corrected chi connectivity index (χ3v) is 9.29. The largest absolute Gasteiger partial charge is 0.480 e. The molecular weight excluding hydrogens is 516 g/mol. The van der Waals surface area contributed by atoms with Crippen LogP contribution in [0.25, 0.3) is 0 Å². The van der Waals surface area contributed by atoms with Gasteiger partial charge in [-0.1, -0.05) is 20.8 Å². The number of likely N-dealkylation sites (tertiary alicyclic amines) is 2. The maximum absolute atomic E-state index is 12.8. The molecule has 2 heterocycles. The van der Waals surface area contributed by atoms with Crippen LogP contribution in [0.1, 0.15) is 107 Å². The smallest absolute Gasteiger partial charge is 0.411 e. The van der Waals surface area contributed by atoms with Crippen molar-refractivity contribution in [1.82, 2.24) is 9.80 Å². The summed E-state index contributed by atoms with van der Waals surface area (Å²) in [6.45, 7) is 18.7. The Bertz CT molecular complexity index is 981. The first-order chi connectivity index (χ1) is 18.3. The Morgan fingerprint density at radius 1 is 0.775 bits per heavy atom. The van der Waals surface area contributed by atoms with Gasteiger partial charge in [-0.05, 0) is 97.8 Å². The first-order valence-corrected chi connectivity index (χ1v) is 14.7. The number of amides is 2. The number of carboxylic acids is 1. The van der Waals surface area contributed by atoms with Crippen LogP contribution in [-0.2, 0) is 23.8 Å². The topological polar surface area (TPSA) is 123 Å². The van der Waals surface area contributed by atoms with Crippen molar-refractivity contribution in [2.24, 2.45) is 16.7 Å². The Hall–Kier alpha value is -2.52. The molecule has 0 aromatic carbocycles. The van der Waals surface area contributed by atoms with Crippen molar-refractivity contribution in [3.05, 3.63) is 0 Å². The zero-order chi connectivity index (χ0) is 30.3. The fourth-order valence-corrected chi connectivity index (χ4v) is 6.64. The summed E-state index contributed by atoms with van der Waals surface area (Å²) < 4.78 is 16.6. The first kappa shape index (κ1) is 32.0. The van der Waals surface area contributed by atoms with Crippen LogP contribution in [0.15, 0.2) is 0 Å². The number of aliphatic carboxylic acids is 1. The van der Waals surface area contributed by atoms with Gasteiger partial charge in [0.1, 0.15) is 29.4 Å². The lowest BCUT2D eigenvalue weighted by Crippen LogP contribution is -2.46. The number of fused-ring (bicyclic) bond motifs is 2. The van der Waals surface area contributed by atoms with Gasteiger partial charge in [-0.25, -0.2) is 19.2 Å². The number of hydrogen-bond acceptors (Lipinski definition) is 7. The molecule has 40 heavy (non-hydrogen) atoms. The predicted molar refractivity (Wildman–Crippen MR) is 149 cm³/mol. The van der Waals surface area contributed by atoms with Crippen LogP contribution in [-0.4, -0.2) is 81.5 Å². The molecule has 1 N–H and O–H groups in total. The Kier molecular flexibility index (Phi) is 9.12. The molecule has 0 aromatic rings. The number of hydrogen-bond donors (Lipinski definition) is 1. The summed E-state index contributed by atoms with van der Waals surface area (Å²) in [5, 5.41) is 8.88. The second-order valence-electron chi connectivity index (χ2n) is 14.5. The molecule has 5 atom stereocenters. The molecule has 3 unspecified atom stereocenters. The number of rotatable bonds is 3. The minimum Gasteiger partial charge on any atom is -0.480 e. The standard InChI is InChI=1S/C20H33NO4.C10H17NO4/c1-18(2,3)25-17(23)21-11-7-8-14(21)16(22)24-15-12-13-9-10-20(15,6)19(13,4)5;1-10(2,3)15-9(14)11-6-4-5-7(11)8(12)13/h13-15H,7-12H2,1-6H3;7H,4-6H2,1-3H3,(H,12,13)/t13?,14-,15?,20?;7-/m00/s1. The minimum absolute atomic E-state index is 0.0326. The summed E-state index contributed by atoms with van der Waals surface area (Å²) in [6.07, 6.45) is 5.02. The lowest BCUT2D eigenvalue weighted by Gasteiger charge is -2.39. The monoisotopic (exact) mass is 566 g/mol. The van der Waals surface area contributed by atoms with Crippen LogP contribution in [0.3, 0.4) is 0 Å². The molecule has 2 aliphatic carbocycles. The van der Waals surface area contributed by atoms with Crippen molar-refractivity contribution in [2.45, 2.75) is 137 Å². The van der Waals surface area contributed by atoms with E-state index in [2.05, 4.69) is 20.8 Å². The molecule has 10 nitrogen and oxygen atoms in total. The number of carbonyl (C=O) groups is 4. The molecule has 10 heteroatoms. The van der Waals surface area contributed by atoms with Gasteiger partial charge in [-0.15, -0.1) is 0 Å². The fraction of sp³-hybridized carbons (Fsp3) is 0.867. The highest BCUT2D eigenvalue weighted by molar-refractivity contribution is 5.82. The van der Waals surface area contributed by atoms with Crippen molar-refractivity contribution in [3.63, 3.8) is 0 Å². The van der Waals surface area contributed by atoms with E-state index in [1.54, 1.807) is 25.7 Å². The number of ether oxygens (including phenoxy) is 3. The van der Waals surface area contributed by atoms with E-state index in [-0.39, 0.29) is 22.9 Å². The molecule has 4 aliphatic rings. The molecular formula is C30H50N2O8. The quantitative estimate of drug-likeness (QED) is 0.345. The van der Waals surface area contributed by atoms with Gasteiger partial charge in [0.2, 0.25) is 0 Å². The highest BCUT2D eigenvalue weighted by atomic mass is 16.6. The highest BCUT2D eigenvalue weighted by Gasteiger charge is 2.63. The van der Waals surface area contributed by atoms with Crippen molar-refractivity contribution < 1.29 is 38.5 Å². The molecule has 0 spiro atoms. The van der Waals surface area contributed by atoms with Crippen LogP contribution < -0.4 is 0 Å². The second kappa shape index (κ2) is 11.4. The average molecular weight is 567 g/mol. The van der Waals surface area contributed by atoms with Crippen molar-refractivity contribution in [3.8, 4) is 0 Å². The SMILES string of the molecule is CC(C)(C)OC(=O)N1CCC[C@H]1C(=O)O.CC(C)(C)OC(=O)N1CCC[C@H]1C(=O)OC1CC2CCC1(C)C2(C)C. The second-order valence-corrected chi connectivity index (χ2v) is 14.5. The van der Waals surface area contributed by atoms with E-state index >= 15 is 0 Å². The van der Waals surface area contributed by atoms with Gasteiger partial charge >= 0.3 is 24.1 Å². The van der Waals surface area contributed by atoms with Crippen molar-refractivity contribution in [2.75, 3.05) is 13.1 Å². The molecule has 228 valence electrons. The minimum atomic E-state index is -0.960. The normalized spacial score (nSPS) is 30.9. The van der Waals surface area contributed by atoms with Crippen molar-refractivity contribution in [1.29, 1.82) is 0 Å². The lowest BCUT2D eigenvalue weighted by atomic mass is 9.70. The lowest BCUT2D eigenvalue weighted by molar-refractivity contribution is -0.162. The summed E-state index contributed by atoms with van der Waals surface area (Å²) >= 11 is 0. The van der Waals surface area contributed by atoms with Gasteiger partial charge in [0.05, 0.1) is 0 Å². The number of esters is 1. The first-order valence-electron chi connectivity index (χ1n) is 14.7. The van der Waals surface area contributed by atoms with Crippen LogP contribution in [0, 0.1) is 16.7 Å². The van der Waals surface area contributed by atoms with Crippen LogP contribution in [0.4, 0.5) is 9.59 Å². The van der Waals surface area contributed by atoms with E-state index in [0.717, 1.165) is 25.7 Å². The summed E-state index contributed by atoms with van der Waals surface area (Å²) in [7, 11) is 0. The third kappa shape index (κ3) is 6.85. The Morgan fingerprint density at radius 3 is 1.65 bits per heavy atom. The molecule has 2 bridgehead atoms. The summed E-state index contributed by atoms with van der Waals surface area (Å²) in [4.78, 5) is 50.5. The van der Waals surface area contributed by atoms with Crippen LogP contribution in [0.5, 0.6) is 0 Å². The van der Waals surface area contributed by atoms with Crippen LogP contribution >= 0.6 is 0 Å². The summed E-state index contributed by atoms with van der Waals surface area (Å²) in [5.74, 6) is -0.586. The molecule has 4 fully saturated rings. The van der Waals surface area contributed by atoms with E-state index in [1.165, 1.54) is 11.3 Å². The maximum atomic E-state index is 12.8. The molecule has 2 saturated carbocycles. The van der Waals surface area contributed by atoms with Crippen LogP contribution in [0.2, 0.25) is 0 Å². The van der Waals surface area contributed by atoms with Gasteiger partial charge in [0.15, 0.2) is 0 Å². The molecule has 0 aromatic heterocycles. The molecule has 2 aliphatic heterocycles. The number of carboxylic acid groups (broad SMARTS) is 1. The van der Waals surface area contributed by atoms with E-state index in [0.29, 0.717) is 31.8 Å². The van der Waals surface area contributed by atoms with Gasteiger partial charge in [-0.3, -0.25) is 9.80 Å². The van der Waals surface area contributed by atoms with Crippen molar-refractivity contribution >= 4 is 24.1 Å². The Labute approximate surface area is 239 Å². The maximum Gasteiger partial charge on any atom is 0.411 e. The van der Waals surface area contributed by atoms with E-state index < -0.39 is 41.4 Å². The van der Waals surface area contributed by atoms with E-state index in [9.17, 15) is 19.2 Å². The van der Waals surface area contributed by atoms with Gasteiger partial charge in [0, 0.05) is 18.5 Å². The number of nitrogens with zero attached hydrogens (tertiary/aromatic N) is 2. The zero-order valence-electron chi connectivity index (χ0n) is 25.9.